The van der Waals surface area contributed by atoms with Gasteiger partial charge < -0.3 is 10.2 Å². The highest BCUT2D eigenvalue weighted by molar-refractivity contribution is 5.79. The highest BCUT2D eigenvalue weighted by Gasteiger charge is 2.30. The number of amides is 1. The molecule has 3 heteroatoms. The summed E-state index contributed by atoms with van der Waals surface area (Å²) < 4.78 is 0. The van der Waals surface area contributed by atoms with Gasteiger partial charge >= 0.3 is 0 Å². The van der Waals surface area contributed by atoms with Gasteiger partial charge in [0.25, 0.3) is 0 Å². The molecule has 1 amide bonds. The normalized spacial score (nSPS) is 28.1. The van der Waals surface area contributed by atoms with Crippen LogP contribution in [-0.2, 0) is 4.79 Å². The molecule has 2 aliphatic heterocycles. The van der Waals surface area contributed by atoms with Crippen molar-refractivity contribution in [2.75, 3.05) is 26.2 Å². The maximum atomic E-state index is 11.6. The molecule has 0 aromatic heterocycles. The van der Waals surface area contributed by atoms with Gasteiger partial charge in [0, 0.05) is 25.4 Å². The van der Waals surface area contributed by atoms with Gasteiger partial charge in [-0.2, -0.15) is 0 Å². The largest absolute Gasteiger partial charge is 0.341 e. The van der Waals surface area contributed by atoms with Crippen molar-refractivity contribution in [3.8, 4) is 12.3 Å². The summed E-state index contributed by atoms with van der Waals surface area (Å²) in [7, 11) is 0. The van der Waals surface area contributed by atoms with Crippen LogP contribution >= 0.6 is 0 Å². The molecule has 1 atom stereocenters. The summed E-state index contributed by atoms with van der Waals surface area (Å²) in [6, 6.07) is 0. The zero-order valence-corrected chi connectivity index (χ0v) is 9.04. The second kappa shape index (κ2) is 4.67. The number of nitrogens with one attached hydrogen (secondary N) is 1. The molecule has 0 bridgehead atoms. The maximum Gasteiger partial charge on any atom is 0.223 e. The Kier molecular flexibility index (Phi) is 3.27. The van der Waals surface area contributed by atoms with Crippen molar-refractivity contribution >= 4 is 5.91 Å². The van der Waals surface area contributed by atoms with Crippen molar-refractivity contribution in [2.24, 2.45) is 11.8 Å². The van der Waals surface area contributed by atoms with E-state index >= 15 is 0 Å². The van der Waals surface area contributed by atoms with E-state index in [9.17, 15) is 4.79 Å². The van der Waals surface area contributed by atoms with E-state index in [0.717, 1.165) is 26.2 Å². The molecule has 2 rings (SSSR count). The third-order valence-corrected chi connectivity index (χ3v) is 3.39. The van der Waals surface area contributed by atoms with Crippen LogP contribution < -0.4 is 5.32 Å². The second-order valence-electron chi connectivity index (χ2n) is 4.56. The van der Waals surface area contributed by atoms with Gasteiger partial charge in [0.05, 0.1) is 0 Å². The third-order valence-electron chi connectivity index (χ3n) is 3.39. The molecule has 1 N–H and O–H groups in total. The van der Waals surface area contributed by atoms with E-state index in [-0.39, 0.29) is 11.8 Å². The number of likely N-dealkylation sites (tertiary alicyclic amines) is 1. The lowest BCUT2D eigenvalue weighted by atomic mass is 9.98. The Morgan fingerprint density at radius 1 is 1.47 bits per heavy atom. The molecule has 0 saturated carbocycles. The molecule has 15 heavy (non-hydrogen) atoms. The molecule has 0 aromatic carbocycles. The number of carbonyl (C=O) groups excluding carboxylic acids is 1. The summed E-state index contributed by atoms with van der Waals surface area (Å²) in [5.74, 6) is 3.76. The maximum absolute atomic E-state index is 11.6. The molecular weight excluding hydrogens is 188 g/mol. The van der Waals surface area contributed by atoms with Gasteiger partial charge in [-0.25, -0.2) is 0 Å². The molecule has 0 radical (unpaired) electrons. The monoisotopic (exact) mass is 206 g/mol. The molecule has 0 spiro atoms. The number of hydrogen-bond acceptors (Lipinski definition) is 2. The minimum absolute atomic E-state index is 0.152. The Balaban J connectivity index is 1.84. The SMILES string of the molecule is C#CC1CC(=O)N(CC2CCNCC2)C1. The van der Waals surface area contributed by atoms with Gasteiger partial charge in [-0.15, -0.1) is 12.3 Å². The summed E-state index contributed by atoms with van der Waals surface area (Å²) in [6.45, 7) is 3.87. The van der Waals surface area contributed by atoms with Crippen molar-refractivity contribution in [1.29, 1.82) is 0 Å². The van der Waals surface area contributed by atoms with E-state index in [1.54, 1.807) is 0 Å². The summed E-state index contributed by atoms with van der Waals surface area (Å²) in [4.78, 5) is 13.6. The summed E-state index contributed by atoms with van der Waals surface area (Å²) in [5.41, 5.74) is 0. The second-order valence-corrected chi connectivity index (χ2v) is 4.56. The molecule has 0 aromatic rings. The fraction of sp³-hybridized carbons (Fsp3) is 0.750. The first kappa shape index (κ1) is 10.5. The predicted octanol–water partition coefficient (Wildman–Crippen LogP) is 0.468. The van der Waals surface area contributed by atoms with E-state index < -0.39 is 0 Å². The molecular formula is C12H18N2O. The third kappa shape index (κ3) is 2.51. The number of nitrogens with zero attached hydrogens (tertiary/aromatic N) is 1. The number of piperidine rings is 1. The Labute approximate surface area is 91.2 Å². The molecule has 2 fully saturated rings. The first-order valence-corrected chi connectivity index (χ1v) is 5.74. The number of hydrogen-bond donors (Lipinski definition) is 1. The van der Waals surface area contributed by atoms with E-state index in [4.69, 9.17) is 6.42 Å². The topological polar surface area (TPSA) is 32.3 Å². The van der Waals surface area contributed by atoms with Gasteiger partial charge in [-0.3, -0.25) is 4.79 Å². The zero-order chi connectivity index (χ0) is 10.7. The van der Waals surface area contributed by atoms with E-state index in [1.807, 2.05) is 4.90 Å². The smallest absolute Gasteiger partial charge is 0.223 e. The van der Waals surface area contributed by atoms with Crippen molar-refractivity contribution in [2.45, 2.75) is 19.3 Å². The molecule has 82 valence electrons. The lowest BCUT2D eigenvalue weighted by Gasteiger charge is -2.27. The predicted molar refractivity (Wildman–Crippen MR) is 59.1 cm³/mol. The van der Waals surface area contributed by atoms with Crippen LogP contribution in [-0.4, -0.2) is 37.0 Å². The summed E-state index contributed by atoms with van der Waals surface area (Å²) >= 11 is 0. The van der Waals surface area contributed by atoms with Crippen molar-refractivity contribution < 1.29 is 4.79 Å². The minimum Gasteiger partial charge on any atom is -0.341 e. The van der Waals surface area contributed by atoms with Gasteiger partial charge in [-0.05, 0) is 31.8 Å². The number of rotatable bonds is 2. The van der Waals surface area contributed by atoms with Crippen LogP contribution in [0.25, 0.3) is 0 Å². The average molecular weight is 206 g/mol. The summed E-state index contributed by atoms with van der Waals surface area (Å²) in [5, 5.41) is 3.33. The van der Waals surface area contributed by atoms with Crippen molar-refractivity contribution in [1.82, 2.24) is 10.2 Å². The Morgan fingerprint density at radius 2 is 2.20 bits per heavy atom. The molecule has 0 aliphatic carbocycles. The lowest BCUT2D eigenvalue weighted by molar-refractivity contribution is -0.128. The van der Waals surface area contributed by atoms with Crippen LogP contribution in [0.2, 0.25) is 0 Å². The Bertz CT molecular complexity index is 276. The lowest BCUT2D eigenvalue weighted by Crippen LogP contribution is -2.36. The highest BCUT2D eigenvalue weighted by Crippen LogP contribution is 2.21. The standard InChI is InChI=1S/C12H18N2O/c1-2-10-7-12(15)14(8-10)9-11-3-5-13-6-4-11/h1,10-11,13H,3-9H2. The molecule has 2 aliphatic rings. The van der Waals surface area contributed by atoms with Gasteiger partial charge in [0.2, 0.25) is 5.91 Å². The van der Waals surface area contributed by atoms with Crippen LogP contribution in [0.1, 0.15) is 19.3 Å². The van der Waals surface area contributed by atoms with Gasteiger partial charge in [-0.1, -0.05) is 0 Å². The Morgan fingerprint density at radius 3 is 2.80 bits per heavy atom. The first-order chi connectivity index (χ1) is 7.29. The van der Waals surface area contributed by atoms with Crippen LogP contribution in [0.15, 0.2) is 0 Å². The van der Waals surface area contributed by atoms with Gasteiger partial charge in [0.15, 0.2) is 0 Å². The zero-order valence-electron chi connectivity index (χ0n) is 9.04. The Hall–Kier alpha value is -1.01. The van der Waals surface area contributed by atoms with E-state index in [1.165, 1.54) is 12.8 Å². The van der Waals surface area contributed by atoms with E-state index in [0.29, 0.717) is 12.3 Å². The summed E-state index contributed by atoms with van der Waals surface area (Å²) in [6.07, 6.45) is 8.28. The molecule has 3 nitrogen and oxygen atoms in total. The van der Waals surface area contributed by atoms with Crippen molar-refractivity contribution in [3.05, 3.63) is 0 Å². The number of carbonyl (C=O) groups is 1. The van der Waals surface area contributed by atoms with Crippen LogP contribution in [0.3, 0.4) is 0 Å². The molecule has 2 saturated heterocycles. The molecule has 1 unspecified atom stereocenters. The fourth-order valence-corrected chi connectivity index (χ4v) is 2.44. The van der Waals surface area contributed by atoms with Crippen molar-refractivity contribution in [3.63, 3.8) is 0 Å². The highest BCUT2D eigenvalue weighted by atomic mass is 16.2. The van der Waals surface area contributed by atoms with Gasteiger partial charge in [0.1, 0.15) is 0 Å². The minimum atomic E-state index is 0.152. The van der Waals surface area contributed by atoms with Crippen LogP contribution in [0, 0.1) is 24.2 Å². The number of terminal acetylenes is 1. The average Bonchev–Trinajstić information content (AvgIpc) is 2.61. The quantitative estimate of drug-likeness (QED) is 0.666. The molecule has 2 heterocycles. The van der Waals surface area contributed by atoms with Crippen LogP contribution in [0.5, 0.6) is 0 Å². The van der Waals surface area contributed by atoms with Crippen LogP contribution in [0.4, 0.5) is 0 Å². The first-order valence-electron chi connectivity index (χ1n) is 5.74. The van der Waals surface area contributed by atoms with E-state index in [2.05, 4.69) is 11.2 Å². The fourth-order valence-electron chi connectivity index (χ4n) is 2.44.